The molecule has 0 spiro atoms. The first-order valence-corrected chi connectivity index (χ1v) is 10.0. The van der Waals surface area contributed by atoms with Gasteiger partial charge in [0.05, 0.1) is 28.7 Å². The van der Waals surface area contributed by atoms with Crippen molar-refractivity contribution in [3.8, 4) is 5.75 Å². The molecular weight excluding hydrogens is 368 g/mol. The fraction of sp³-hybridized carbons (Fsp3) is 0.562. The highest BCUT2D eigenvalue weighted by Gasteiger charge is 2.24. The predicted octanol–water partition coefficient (Wildman–Crippen LogP) is 1.70. The van der Waals surface area contributed by atoms with Gasteiger partial charge in [-0.25, -0.2) is 8.42 Å². The largest absolute Gasteiger partial charge is 0.492 e. The number of amides is 1. The number of carbonyl (C=O) groups excluding carboxylic acids is 1. The van der Waals surface area contributed by atoms with E-state index >= 15 is 0 Å². The summed E-state index contributed by atoms with van der Waals surface area (Å²) in [6.45, 7) is 4.78. The van der Waals surface area contributed by atoms with Crippen LogP contribution in [-0.4, -0.2) is 46.2 Å². The third-order valence-corrected chi connectivity index (χ3v) is 5.60. The SMILES string of the molecule is CCOc1ccc(S(=O)(=O)N[C@H](C)C(=O)NC[C@H]2CCCO2)cc1Cl. The molecule has 1 aromatic carbocycles. The second-order valence-electron chi connectivity index (χ2n) is 5.75. The van der Waals surface area contributed by atoms with Crippen LogP contribution in [0.25, 0.3) is 0 Å². The Bertz CT molecular complexity index is 704. The number of ether oxygens (including phenoxy) is 2. The zero-order chi connectivity index (χ0) is 18.4. The summed E-state index contributed by atoms with van der Waals surface area (Å²) < 4.78 is 37.9. The molecule has 2 rings (SSSR count). The van der Waals surface area contributed by atoms with E-state index in [0.29, 0.717) is 25.5 Å². The number of hydrogen-bond donors (Lipinski definition) is 2. The van der Waals surface area contributed by atoms with E-state index in [2.05, 4.69) is 10.0 Å². The first-order valence-electron chi connectivity index (χ1n) is 8.17. The second kappa shape index (κ2) is 8.84. The maximum Gasteiger partial charge on any atom is 0.241 e. The van der Waals surface area contributed by atoms with E-state index in [9.17, 15) is 13.2 Å². The topological polar surface area (TPSA) is 93.7 Å². The zero-order valence-corrected chi connectivity index (χ0v) is 15.8. The summed E-state index contributed by atoms with van der Waals surface area (Å²) in [5.74, 6) is 0.00146. The predicted molar refractivity (Wildman–Crippen MR) is 94.4 cm³/mol. The van der Waals surface area contributed by atoms with Crippen molar-refractivity contribution in [3.05, 3.63) is 23.2 Å². The second-order valence-corrected chi connectivity index (χ2v) is 7.87. The number of hydrogen-bond acceptors (Lipinski definition) is 5. The maximum atomic E-state index is 12.4. The van der Waals surface area contributed by atoms with Crippen LogP contribution in [0, 0.1) is 0 Å². The minimum Gasteiger partial charge on any atom is -0.492 e. The molecule has 1 amide bonds. The summed E-state index contributed by atoms with van der Waals surface area (Å²) in [6.07, 6.45) is 1.87. The van der Waals surface area contributed by atoms with Crippen LogP contribution in [0.2, 0.25) is 5.02 Å². The standard InChI is InChI=1S/C16H23ClN2O5S/c1-3-23-15-7-6-13(9-14(15)17)25(21,22)19-11(2)16(20)18-10-12-5-4-8-24-12/h6-7,9,11-12,19H,3-5,8,10H2,1-2H3,(H,18,20)/t11-,12-/m1/s1. The normalized spacial score (nSPS) is 18.8. The van der Waals surface area contributed by atoms with E-state index in [1.807, 2.05) is 0 Å². The van der Waals surface area contributed by atoms with E-state index in [0.717, 1.165) is 12.8 Å². The molecule has 1 aromatic rings. The van der Waals surface area contributed by atoms with Gasteiger partial charge in [-0.1, -0.05) is 11.6 Å². The average molecular weight is 391 g/mol. The molecule has 0 aromatic heterocycles. The number of carbonyl (C=O) groups is 1. The lowest BCUT2D eigenvalue weighted by Gasteiger charge is -2.16. The summed E-state index contributed by atoms with van der Waals surface area (Å²) in [4.78, 5) is 12.0. The number of sulfonamides is 1. The number of nitrogens with one attached hydrogen (secondary N) is 2. The smallest absolute Gasteiger partial charge is 0.241 e. The Balaban J connectivity index is 1.96. The Morgan fingerprint density at radius 1 is 1.48 bits per heavy atom. The molecule has 2 N–H and O–H groups in total. The zero-order valence-electron chi connectivity index (χ0n) is 14.2. The van der Waals surface area contributed by atoms with E-state index in [-0.39, 0.29) is 16.0 Å². The molecule has 1 aliphatic rings. The van der Waals surface area contributed by atoms with Crippen molar-refractivity contribution in [2.24, 2.45) is 0 Å². The first kappa shape index (κ1) is 20.0. The summed E-state index contributed by atoms with van der Waals surface area (Å²) in [5, 5.41) is 2.89. The van der Waals surface area contributed by atoms with Crippen LogP contribution < -0.4 is 14.8 Å². The third kappa shape index (κ3) is 5.57. The molecule has 140 valence electrons. The monoisotopic (exact) mass is 390 g/mol. The number of halogens is 1. The summed E-state index contributed by atoms with van der Waals surface area (Å²) >= 11 is 6.03. The van der Waals surface area contributed by atoms with Crippen LogP contribution in [0.5, 0.6) is 5.75 Å². The third-order valence-electron chi connectivity index (χ3n) is 3.77. The maximum absolute atomic E-state index is 12.4. The Kier molecular flexibility index (Phi) is 7.06. The lowest BCUT2D eigenvalue weighted by molar-refractivity contribution is -0.122. The van der Waals surface area contributed by atoms with Crippen LogP contribution in [0.15, 0.2) is 23.1 Å². The Morgan fingerprint density at radius 3 is 2.84 bits per heavy atom. The molecule has 7 nitrogen and oxygen atoms in total. The van der Waals surface area contributed by atoms with Gasteiger partial charge in [0.25, 0.3) is 0 Å². The fourth-order valence-electron chi connectivity index (χ4n) is 2.45. The van der Waals surface area contributed by atoms with Gasteiger partial charge in [-0.3, -0.25) is 4.79 Å². The van der Waals surface area contributed by atoms with Crippen molar-refractivity contribution in [2.75, 3.05) is 19.8 Å². The van der Waals surface area contributed by atoms with Gasteiger partial charge >= 0.3 is 0 Å². The van der Waals surface area contributed by atoms with E-state index in [4.69, 9.17) is 21.1 Å². The molecule has 1 heterocycles. The molecule has 0 bridgehead atoms. The van der Waals surface area contributed by atoms with Crippen LogP contribution in [0.4, 0.5) is 0 Å². The molecular formula is C16H23ClN2O5S. The van der Waals surface area contributed by atoms with Crippen molar-refractivity contribution < 1.29 is 22.7 Å². The van der Waals surface area contributed by atoms with Gasteiger partial charge < -0.3 is 14.8 Å². The molecule has 1 saturated heterocycles. The van der Waals surface area contributed by atoms with Crippen LogP contribution in [0.3, 0.4) is 0 Å². The van der Waals surface area contributed by atoms with Crippen molar-refractivity contribution in [1.29, 1.82) is 0 Å². The summed E-state index contributed by atoms with van der Waals surface area (Å²) in [5.41, 5.74) is 0. The highest BCUT2D eigenvalue weighted by molar-refractivity contribution is 7.89. The lowest BCUT2D eigenvalue weighted by atomic mass is 10.2. The average Bonchev–Trinajstić information content (AvgIpc) is 3.07. The van der Waals surface area contributed by atoms with Gasteiger partial charge in [0.1, 0.15) is 5.75 Å². The van der Waals surface area contributed by atoms with Crippen LogP contribution in [-0.2, 0) is 19.6 Å². The molecule has 0 saturated carbocycles. The highest BCUT2D eigenvalue weighted by atomic mass is 35.5. The van der Waals surface area contributed by atoms with Crippen molar-refractivity contribution >= 4 is 27.5 Å². The van der Waals surface area contributed by atoms with Crippen molar-refractivity contribution in [3.63, 3.8) is 0 Å². The molecule has 1 fully saturated rings. The summed E-state index contributed by atoms with van der Waals surface area (Å²) in [6, 6.07) is 3.25. The number of rotatable bonds is 8. The van der Waals surface area contributed by atoms with Gasteiger partial charge in [0.15, 0.2) is 0 Å². The fourth-order valence-corrected chi connectivity index (χ4v) is 3.98. The quantitative estimate of drug-likeness (QED) is 0.704. The van der Waals surface area contributed by atoms with Gasteiger partial charge in [-0.15, -0.1) is 0 Å². The minimum atomic E-state index is -3.88. The summed E-state index contributed by atoms with van der Waals surface area (Å²) in [7, 11) is -3.88. The van der Waals surface area contributed by atoms with Crippen molar-refractivity contribution in [2.45, 2.75) is 43.7 Å². The van der Waals surface area contributed by atoms with E-state index < -0.39 is 22.0 Å². The molecule has 0 unspecified atom stereocenters. The minimum absolute atomic E-state index is 0.00215. The Labute approximate surface area is 153 Å². The molecule has 25 heavy (non-hydrogen) atoms. The molecule has 0 aliphatic carbocycles. The molecule has 9 heteroatoms. The Hall–Kier alpha value is -1.35. The lowest BCUT2D eigenvalue weighted by Crippen LogP contribution is -2.46. The molecule has 0 radical (unpaired) electrons. The van der Waals surface area contributed by atoms with Gasteiger partial charge in [-0.05, 0) is 44.9 Å². The number of benzene rings is 1. The Morgan fingerprint density at radius 2 is 2.24 bits per heavy atom. The highest BCUT2D eigenvalue weighted by Crippen LogP contribution is 2.27. The van der Waals surface area contributed by atoms with Crippen LogP contribution >= 0.6 is 11.6 Å². The molecule has 2 atom stereocenters. The van der Waals surface area contributed by atoms with E-state index in [1.165, 1.54) is 25.1 Å². The van der Waals surface area contributed by atoms with E-state index in [1.54, 1.807) is 6.92 Å². The van der Waals surface area contributed by atoms with Gasteiger partial charge in [0, 0.05) is 13.2 Å². The molecule has 1 aliphatic heterocycles. The van der Waals surface area contributed by atoms with Gasteiger partial charge in [0.2, 0.25) is 15.9 Å². The van der Waals surface area contributed by atoms with Crippen LogP contribution in [0.1, 0.15) is 26.7 Å². The van der Waals surface area contributed by atoms with Crippen molar-refractivity contribution in [1.82, 2.24) is 10.0 Å². The van der Waals surface area contributed by atoms with Gasteiger partial charge in [-0.2, -0.15) is 4.72 Å². The first-order chi connectivity index (χ1) is 11.8.